The van der Waals surface area contributed by atoms with Gasteiger partial charge in [-0.3, -0.25) is 10.3 Å². The van der Waals surface area contributed by atoms with Crippen LogP contribution in [0.3, 0.4) is 0 Å². The molecule has 0 aliphatic rings. The van der Waals surface area contributed by atoms with E-state index in [1.165, 1.54) is 16.7 Å². The zero-order valence-electron chi connectivity index (χ0n) is 10.2. The van der Waals surface area contributed by atoms with Crippen LogP contribution in [-0.4, -0.2) is 5.84 Å². The molecule has 0 bridgehead atoms. The predicted molar refractivity (Wildman–Crippen MR) is 66.2 cm³/mol. The zero-order valence-corrected chi connectivity index (χ0v) is 10.2. The molecule has 3 nitrogen and oxygen atoms in total. The van der Waals surface area contributed by atoms with Gasteiger partial charge in [-0.05, 0) is 44.4 Å². The molecule has 1 aromatic carbocycles. The van der Waals surface area contributed by atoms with Gasteiger partial charge in [-0.1, -0.05) is 18.2 Å². The van der Waals surface area contributed by atoms with E-state index < -0.39 is 0 Å². The topological polar surface area (TPSA) is 48.2 Å². The number of nitrogens with zero attached hydrogens (tertiary/aromatic N) is 2. The Morgan fingerprint density at radius 2 is 2.12 bits per heavy atom. The van der Waals surface area contributed by atoms with Gasteiger partial charge in [0, 0.05) is 0 Å². The summed E-state index contributed by atoms with van der Waals surface area (Å²) in [6.45, 7) is 8.02. The number of hydrogen-bond donors (Lipinski definition) is 1. The summed E-state index contributed by atoms with van der Waals surface area (Å²) in [4.78, 5) is 4.42. The van der Waals surface area contributed by atoms with Crippen molar-refractivity contribution in [1.29, 1.82) is 5.26 Å². The summed E-state index contributed by atoms with van der Waals surface area (Å²) in [5.41, 5.74) is 3.74. The minimum atomic E-state index is 0.0701. The van der Waals surface area contributed by atoms with E-state index >= 15 is 0 Å². The van der Waals surface area contributed by atoms with Crippen molar-refractivity contribution in [2.24, 2.45) is 4.99 Å². The SMILES string of the molecule is CC(=N[C@H](C)c1cccc(C)c1C)NC#N. The molecule has 1 aromatic rings. The van der Waals surface area contributed by atoms with Crippen molar-refractivity contribution in [1.82, 2.24) is 5.32 Å². The van der Waals surface area contributed by atoms with E-state index in [-0.39, 0.29) is 6.04 Å². The number of rotatable bonds is 2. The number of nitrogens with one attached hydrogen (secondary N) is 1. The van der Waals surface area contributed by atoms with Crippen molar-refractivity contribution in [3.63, 3.8) is 0 Å². The Morgan fingerprint density at radius 3 is 2.75 bits per heavy atom. The van der Waals surface area contributed by atoms with Gasteiger partial charge in [-0.15, -0.1) is 0 Å². The fraction of sp³-hybridized carbons (Fsp3) is 0.385. The Morgan fingerprint density at radius 1 is 1.44 bits per heavy atom. The Kier molecular flexibility index (Phi) is 4.07. The average molecular weight is 215 g/mol. The normalized spacial score (nSPS) is 13.1. The van der Waals surface area contributed by atoms with E-state index in [0.717, 1.165) is 0 Å². The van der Waals surface area contributed by atoms with Gasteiger partial charge in [0.05, 0.1) is 6.04 Å². The van der Waals surface area contributed by atoms with Crippen LogP contribution in [0.15, 0.2) is 23.2 Å². The van der Waals surface area contributed by atoms with Gasteiger partial charge < -0.3 is 0 Å². The van der Waals surface area contributed by atoms with Crippen LogP contribution in [0.4, 0.5) is 0 Å². The monoisotopic (exact) mass is 215 g/mol. The molecule has 16 heavy (non-hydrogen) atoms. The summed E-state index contributed by atoms with van der Waals surface area (Å²) >= 11 is 0. The van der Waals surface area contributed by atoms with Crippen molar-refractivity contribution < 1.29 is 0 Å². The van der Waals surface area contributed by atoms with Crippen LogP contribution in [0, 0.1) is 25.3 Å². The second kappa shape index (κ2) is 5.32. The Balaban J connectivity index is 2.98. The first kappa shape index (κ1) is 12.3. The molecule has 0 fully saturated rings. The molecule has 0 heterocycles. The molecule has 0 aromatic heterocycles. The van der Waals surface area contributed by atoms with Crippen LogP contribution in [-0.2, 0) is 0 Å². The molecule has 1 atom stereocenters. The van der Waals surface area contributed by atoms with Gasteiger partial charge in [0.1, 0.15) is 5.84 Å². The molecular formula is C13H17N3. The lowest BCUT2D eigenvalue weighted by Crippen LogP contribution is -2.14. The minimum Gasteiger partial charge on any atom is -0.281 e. The highest BCUT2D eigenvalue weighted by molar-refractivity contribution is 5.81. The van der Waals surface area contributed by atoms with Gasteiger partial charge in [-0.25, -0.2) is 0 Å². The summed E-state index contributed by atoms with van der Waals surface area (Å²) in [7, 11) is 0. The molecule has 0 amide bonds. The molecule has 3 heteroatoms. The van der Waals surface area contributed by atoms with Gasteiger partial charge in [0.15, 0.2) is 6.19 Å². The van der Waals surface area contributed by atoms with E-state index in [4.69, 9.17) is 5.26 Å². The van der Waals surface area contributed by atoms with Crippen molar-refractivity contribution in [3.8, 4) is 6.19 Å². The summed E-state index contributed by atoms with van der Waals surface area (Å²) in [5.74, 6) is 0.649. The lowest BCUT2D eigenvalue weighted by atomic mass is 9.99. The Hall–Kier alpha value is -1.82. The van der Waals surface area contributed by atoms with E-state index in [0.29, 0.717) is 5.84 Å². The maximum atomic E-state index is 8.48. The summed E-state index contributed by atoms with van der Waals surface area (Å²) in [5, 5.41) is 11.0. The van der Waals surface area contributed by atoms with Crippen LogP contribution in [0.1, 0.15) is 36.6 Å². The number of benzene rings is 1. The van der Waals surface area contributed by atoms with E-state index in [1.54, 1.807) is 6.92 Å². The van der Waals surface area contributed by atoms with Gasteiger partial charge >= 0.3 is 0 Å². The first-order chi connectivity index (χ1) is 7.56. The number of hydrogen-bond acceptors (Lipinski definition) is 2. The number of amidine groups is 1. The molecule has 0 unspecified atom stereocenters. The number of nitriles is 1. The maximum absolute atomic E-state index is 8.48. The molecule has 0 radical (unpaired) electrons. The first-order valence-corrected chi connectivity index (χ1v) is 5.32. The fourth-order valence-electron chi connectivity index (χ4n) is 1.70. The minimum absolute atomic E-state index is 0.0701. The van der Waals surface area contributed by atoms with E-state index in [1.807, 2.05) is 19.2 Å². The van der Waals surface area contributed by atoms with Crippen molar-refractivity contribution >= 4 is 5.84 Å². The lowest BCUT2D eigenvalue weighted by molar-refractivity contribution is 0.803. The molecule has 0 aliphatic carbocycles. The molecule has 0 aliphatic heterocycles. The molecule has 0 saturated carbocycles. The van der Waals surface area contributed by atoms with Gasteiger partial charge in [0.2, 0.25) is 0 Å². The Bertz CT molecular complexity index is 441. The summed E-state index contributed by atoms with van der Waals surface area (Å²) in [6.07, 6.45) is 1.87. The Labute approximate surface area is 96.8 Å². The largest absolute Gasteiger partial charge is 0.281 e. The fourth-order valence-corrected chi connectivity index (χ4v) is 1.70. The van der Waals surface area contributed by atoms with Crippen LogP contribution in [0.25, 0.3) is 0 Å². The smallest absolute Gasteiger partial charge is 0.182 e. The first-order valence-electron chi connectivity index (χ1n) is 5.32. The molecular weight excluding hydrogens is 198 g/mol. The van der Waals surface area contributed by atoms with Gasteiger partial charge in [-0.2, -0.15) is 5.26 Å². The predicted octanol–water partition coefficient (Wildman–Crippen LogP) is 2.85. The highest BCUT2D eigenvalue weighted by Crippen LogP contribution is 2.22. The highest BCUT2D eigenvalue weighted by atomic mass is 15.0. The molecule has 1 rings (SSSR count). The standard InChI is InChI=1S/C13H17N3/c1-9-6-5-7-13(10(9)2)11(3)16-12(4)15-8-14/h5-7,11H,1-4H3,(H,15,16)/t11-/m1/s1. The van der Waals surface area contributed by atoms with Gasteiger partial charge in [0.25, 0.3) is 0 Å². The third-order valence-electron chi connectivity index (χ3n) is 2.72. The molecule has 1 N–H and O–H groups in total. The summed E-state index contributed by atoms with van der Waals surface area (Å²) in [6, 6.07) is 6.28. The molecule has 84 valence electrons. The lowest BCUT2D eigenvalue weighted by Gasteiger charge is -2.13. The maximum Gasteiger partial charge on any atom is 0.182 e. The molecule has 0 spiro atoms. The second-order valence-corrected chi connectivity index (χ2v) is 3.92. The zero-order chi connectivity index (χ0) is 12.1. The quantitative estimate of drug-likeness (QED) is 0.357. The van der Waals surface area contributed by atoms with Crippen molar-refractivity contribution in [3.05, 3.63) is 34.9 Å². The van der Waals surface area contributed by atoms with Crippen LogP contribution < -0.4 is 5.32 Å². The van der Waals surface area contributed by atoms with Crippen LogP contribution in [0.2, 0.25) is 0 Å². The van der Waals surface area contributed by atoms with Crippen molar-refractivity contribution in [2.75, 3.05) is 0 Å². The second-order valence-electron chi connectivity index (χ2n) is 3.92. The third kappa shape index (κ3) is 2.83. The van der Waals surface area contributed by atoms with Crippen molar-refractivity contribution in [2.45, 2.75) is 33.7 Å². The summed E-state index contributed by atoms with van der Waals surface area (Å²) < 4.78 is 0. The number of aliphatic imine (C=N–C) groups is 1. The average Bonchev–Trinajstić information content (AvgIpc) is 2.22. The molecule has 0 saturated heterocycles. The third-order valence-corrected chi connectivity index (χ3v) is 2.72. The van der Waals surface area contributed by atoms with Crippen LogP contribution in [0.5, 0.6) is 0 Å². The van der Waals surface area contributed by atoms with Crippen LogP contribution >= 0.6 is 0 Å². The highest BCUT2D eigenvalue weighted by Gasteiger charge is 2.08. The number of aryl methyl sites for hydroxylation is 1. The van der Waals surface area contributed by atoms with E-state index in [2.05, 4.69) is 36.3 Å². The van der Waals surface area contributed by atoms with E-state index in [9.17, 15) is 0 Å².